The number of piperidine rings is 1. The van der Waals surface area contributed by atoms with Crippen LogP contribution in [0.3, 0.4) is 0 Å². The minimum atomic E-state index is 0.305. The Labute approximate surface area is 121 Å². The van der Waals surface area contributed by atoms with Gasteiger partial charge in [0.25, 0.3) is 0 Å². The van der Waals surface area contributed by atoms with Crippen molar-refractivity contribution >= 4 is 5.95 Å². The Balaban J connectivity index is 1.87. The third-order valence-electron chi connectivity index (χ3n) is 3.57. The maximum Gasteiger partial charge on any atom is 0.225 e. The maximum absolute atomic E-state index is 5.43. The van der Waals surface area contributed by atoms with Gasteiger partial charge < -0.3 is 15.0 Å². The van der Waals surface area contributed by atoms with Gasteiger partial charge in [0.15, 0.2) is 0 Å². The first-order valence-corrected chi connectivity index (χ1v) is 7.48. The Bertz CT molecular complexity index is 393. The molecule has 2 heterocycles. The fourth-order valence-electron chi connectivity index (χ4n) is 2.42. The van der Waals surface area contributed by atoms with Gasteiger partial charge in [-0.3, -0.25) is 0 Å². The Kier molecular flexibility index (Phi) is 5.73. The van der Waals surface area contributed by atoms with Crippen molar-refractivity contribution < 1.29 is 4.74 Å². The summed E-state index contributed by atoms with van der Waals surface area (Å²) < 4.78 is 5.43. The molecule has 5 nitrogen and oxygen atoms in total. The van der Waals surface area contributed by atoms with Crippen molar-refractivity contribution in [2.75, 3.05) is 31.6 Å². The predicted octanol–water partition coefficient (Wildman–Crippen LogP) is 1.84. The number of rotatable bonds is 6. The highest BCUT2D eigenvalue weighted by atomic mass is 16.5. The second-order valence-electron chi connectivity index (χ2n) is 5.86. The number of methoxy groups -OCH3 is 1. The minimum absolute atomic E-state index is 0.305. The fraction of sp³-hybridized carbons (Fsp3) is 0.733. The molecule has 0 aliphatic carbocycles. The normalized spacial score (nSPS) is 19.6. The molecule has 0 saturated carbocycles. The number of nitrogens with one attached hydrogen (secondary N) is 1. The standard InChI is InChI=1S/C15H26N4O/c1-12(2)7-16-8-13-9-17-15(18-10-13)19-6-4-5-14(11-19)20-3/h9-10,12,14,16H,4-8,11H2,1-3H3. The number of hydrogen-bond acceptors (Lipinski definition) is 5. The van der Waals surface area contributed by atoms with E-state index in [-0.39, 0.29) is 0 Å². The largest absolute Gasteiger partial charge is 0.380 e. The third kappa shape index (κ3) is 4.42. The van der Waals surface area contributed by atoms with Gasteiger partial charge in [0.1, 0.15) is 0 Å². The second-order valence-corrected chi connectivity index (χ2v) is 5.86. The topological polar surface area (TPSA) is 50.3 Å². The number of nitrogens with zero attached hydrogens (tertiary/aromatic N) is 3. The summed E-state index contributed by atoms with van der Waals surface area (Å²) in [6.45, 7) is 8.17. The summed E-state index contributed by atoms with van der Waals surface area (Å²) in [5, 5.41) is 3.40. The summed E-state index contributed by atoms with van der Waals surface area (Å²) in [6.07, 6.45) is 6.42. The lowest BCUT2D eigenvalue weighted by atomic mass is 10.1. The van der Waals surface area contributed by atoms with Gasteiger partial charge >= 0.3 is 0 Å². The van der Waals surface area contributed by atoms with Crippen molar-refractivity contribution in [1.82, 2.24) is 15.3 Å². The zero-order chi connectivity index (χ0) is 14.4. The molecule has 0 aromatic carbocycles. The molecule has 0 bridgehead atoms. The number of ether oxygens (including phenoxy) is 1. The summed E-state index contributed by atoms with van der Waals surface area (Å²) in [6, 6.07) is 0. The van der Waals surface area contributed by atoms with Crippen LogP contribution in [0.25, 0.3) is 0 Å². The molecule has 1 N–H and O–H groups in total. The Morgan fingerprint density at radius 2 is 2.15 bits per heavy atom. The average molecular weight is 278 g/mol. The average Bonchev–Trinajstić information content (AvgIpc) is 2.48. The molecular formula is C15H26N4O. The van der Waals surface area contributed by atoms with Crippen LogP contribution in [0.5, 0.6) is 0 Å². The molecule has 1 atom stereocenters. The van der Waals surface area contributed by atoms with E-state index in [0.29, 0.717) is 12.0 Å². The highest BCUT2D eigenvalue weighted by Gasteiger charge is 2.21. The molecule has 0 radical (unpaired) electrons. The molecular weight excluding hydrogens is 252 g/mol. The molecule has 0 amide bonds. The molecule has 5 heteroatoms. The van der Waals surface area contributed by atoms with Crippen molar-refractivity contribution in [1.29, 1.82) is 0 Å². The SMILES string of the molecule is COC1CCCN(c2ncc(CNCC(C)C)cn2)C1. The van der Waals surface area contributed by atoms with Gasteiger partial charge in [-0.05, 0) is 25.3 Å². The lowest BCUT2D eigenvalue weighted by Crippen LogP contribution is -2.40. The van der Waals surface area contributed by atoms with Gasteiger partial charge in [-0.2, -0.15) is 0 Å². The van der Waals surface area contributed by atoms with Gasteiger partial charge in [-0.15, -0.1) is 0 Å². The number of aromatic nitrogens is 2. The van der Waals surface area contributed by atoms with Gasteiger partial charge in [0.2, 0.25) is 5.95 Å². The van der Waals surface area contributed by atoms with Crippen LogP contribution in [0.2, 0.25) is 0 Å². The van der Waals surface area contributed by atoms with E-state index in [1.807, 2.05) is 12.4 Å². The van der Waals surface area contributed by atoms with E-state index in [4.69, 9.17) is 4.74 Å². The van der Waals surface area contributed by atoms with Crippen LogP contribution in [0, 0.1) is 5.92 Å². The lowest BCUT2D eigenvalue weighted by Gasteiger charge is -2.31. The van der Waals surface area contributed by atoms with Crippen LogP contribution in [-0.2, 0) is 11.3 Å². The molecule has 1 fully saturated rings. The third-order valence-corrected chi connectivity index (χ3v) is 3.57. The maximum atomic E-state index is 5.43. The van der Waals surface area contributed by atoms with E-state index in [2.05, 4.69) is 34.0 Å². The highest BCUT2D eigenvalue weighted by Crippen LogP contribution is 2.17. The van der Waals surface area contributed by atoms with Crippen molar-refractivity contribution in [3.63, 3.8) is 0 Å². The van der Waals surface area contributed by atoms with Crippen molar-refractivity contribution in [2.24, 2.45) is 5.92 Å². The quantitative estimate of drug-likeness (QED) is 0.860. The molecule has 1 aromatic rings. The van der Waals surface area contributed by atoms with Crippen molar-refractivity contribution in [3.05, 3.63) is 18.0 Å². The van der Waals surface area contributed by atoms with E-state index in [1.165, 1.54) is 0 Å². The second kappa shape index (κ2) is 7.55. The monoisotopic (exact) mass is 278 g/mol. The van der Waals surface area contributed by atoms with Crippen LogP contribution in [-0.4, -0.2) is 42.8 Å². The summed E-state index contributed by atoms with van der Waals surface area (Å²) >= 11 is 0. The molecule has 0 spiro atoms. The minimum Gasteiger partial charge on any atom is -0.380 e. The van der Waals surface area contributed by atoms with Crippen molar-refractivity contribution in [2.45, 2.75) is 39.3 Å². The molecule has 20 heavy (non-hydrogen) atoms. The first-order chi connectivity index (χ1) is 9.69. The molecule has 112 valence electrons. The molecule has 1 aromatic heterocycles. The first kappa shape index (κ1) is 15.2. The fourth-order valence-corrected chi connectivity index (χ4v) is 2.42. The Morgan fingerprint density at radius 3 is 2.80 bits per heavy atom. The summed E-state index contributed by atoms with van der Waals surface area (Å²) in [7, 11) is 1.78. The van der Waals surface area contributed by atoms with E-state index in [1.54, 1.807) is 7.11 Å². The van der Waals surface area contributed by atoms with Crippen LogP contribution in [0.4, 0.5) is 5.95 Å². The number of hydrogen-bond donors (Lipinski definition) is 1. The zero-order valence-electron chi connectivity index (χ0n) is 12.8. The van der Waals surface area contributed by atoms with E-state index < -0.39 is 0 Å². The van der Waals surface area contributed by atoms with Crippen molar-refractivity contribution in [3.8, 4) is 0 Å². The smallest absolute Gasteiger partial charge is 0.225 e. The number of anilines is 1. The summed E-state index contributed by atoms with van der Waals surface area (Å²) in [4.78, 5) is 11.2. The van der Waals surface area contributed by atoms with E-state index >= 15 is 0 Å². The Morgan fingerprint density at radius 1 is 1.40 bits per heavy atom. The van der Waals surface area contributed by atoms with Crippen LogP contribution in [0.15, 0.2) is 12.4 Å². The zero-order valence-corrected chi connectivity index (χ0v) is 12.8. The summed E-state index contributed by atoms with van der Waals surface area (Å²) in [5.41, 5.74) is 1.13. The Hall–Kier alpha value is -1.20. The first-order valence-electron chi connectivity index (χ1n) is 7.48. The van der Waals surface area contributed by atoms with Crippen LogP contribution < -0.4 is 10.2 Å². The molecule has 1 aliphatic heterocycles. The summed E-state index contributed by atoms with van der Waals surface area (Å²) in [5.74, 6) is 1.48. The van der Waals surface area contributed by atoms with Gasteiger partial charge in [0.05, 0.1) is 6.10 Å². The molecule has 1 saturated heterocycles. The molecule has 1 unspecified atom stereocenters. The van der Waals surface area contributed by atoms with Gasteiger partial charge in [0, 0.05) is 44.7 Å². The molecule has 2 rings (SSSR count). The van der Waals surface area contributed by atoms with Crippen LogP contribution >= 0.6 is 0 Å². The van der Waals surface area contributed by atoms with Gasteiger partial charge in [-0.1, -0.05) is 13.8 Å². The van der Waals surface area contributed by atoms with E-state index in [9.17, 15) is 0 Å². The lowest BCUT2D eigenvalue weighted by molar-refractivity contribution is 0.0889. The van der Waals surface area contributed by atoms with E-state index in [0.717, 1.165) is 50.5 Å². The predicted molar refractivity (Wildman–Crippen MR) is 80.8 cm³/mol. The van der Waals surface area contributed by atoms with Crippen LogP contribution in [0.1, 0.15) is 32.3 Å². The highest BCUT2D eigenvalue weighted by molar-refractivity contribution is 5.30. The van der Waals surface area contributed by atoms with Gasteiger partial charge in [-0.25, -0.2) is 9.97 Å². The molecule has 1 aliphatic rings.